The van der Waals surface area contributed by atoms with E-state index >= 15 is 0 Å². The van der Waals surface area contributed by atoms with Crippen LogP contribution in [0.2, 0.25) is 0 Å². The Bertz CT molecular complexity index is 1080. The number of aliphatic hydroxyl groups excluding tert-OH is 1. The van der Waals surface area contributed by atoms with Crippen molar-refractivity contribution in [3.05, 3.63) is 59.5 Å². The summed E-state index contributed by atoms with van der Waals surface area (Å²) < 4.78 is 12.4. The molecule has 0 radical (unpaired) electrons. The quantitative estimate of drug-likeness (QED) is 0.188. The van der Waals surface area contributed by atoms with Crippen molar-refractivity contribution in [1.82, 2.24) is 4.98 Å². The molecule has 0 saturated heterocycles. The van der Waals surface area contributed by atoms with E-state index in [1.807, 2.05) is 53.9 Å². The minimum absolute atomic E-state index is 0.264. The number of rotatable bonds is 14. The van der Waals surface area contributed by atoms with Crippen molar-refractivity contribution in [3.8, 4) is 27.8 Å². The Kier molecular flexibility index (Phi) is 11.3. The first-order chi connectivity index (χ1) is 16.6. The lowest BCUT2D eigenvalue weighted by Gasteiger charge is -2.14. The standard InChI is InChI=1S/C27H32N2O2S3/c1-2-3-4-5-6-10-16-34(31)20-22(30)19-33-27-24(18-28)23(21-12-8-7-9-13-21)17-25(29-27)26-14-11-15-32-26/h7-9,11-15,17,22,30H,2-6,10,16,19-20H2,1H3/t22-,34+/m0/s1. The van der Waals surface area contributed by atoms with Gasteiger partial charge in [0.05, 0.1) is 28.0 Å². The molecule has 0 unspecified atom stereocenters. The predicted molar refractivity (Wildman–Crippen MR) is 146 cm³/mol. The maximum Gasteiger partial charge on any atom is 0.115 e. The topological polar surface area (TPSA) is 74.0 Å². The van der Waals surface area contributed by atoms with Crippen molar-refractivity contribution in [1.29, 1.82) is 5.26 Å². The van der Waals surface area contributed by atoms with Crippen molar-refractivity contribution in [3.63, 3.8) is 0 Å². The summed E-state index contributed by atoms with van der Waals surface area (Å²) in [7, 11) is -1.03. The van der Waals surface area contributed by atoms with E-state index < -0.39 is 16.9 Å². The number of hydrogen-bond donors (Lipinski definition) is 1. The van der Waals surface area contributed by atoms with Gasteiger partial charge in [-0.1, -0.05) is 75.4 Å². The Labute approximate surface area is 213 Å². The monoisotopic (exact) mass is 512 g/mol. The number of unbranched alkanes of at least 4 members (excludes halogenated alkanes) is 5. The Hall–Kier alpha value is -1.98. The van der Waals surface area contributed by atoms with Gasteiger partial charge in [0.15, 0.2) is 0 Å². The van der Waals surface area contributed by atoms with Crippen molar-refractivity contribution in [2.24, 2.45) is 0 Å². The van der Waals surface area contributed by atoms with E-state index in [-0.39, 0.29) is 5.75 Å². The van der Waals surface area contributed by atoms with Gasteiger partial charge in [0.1, 0.15) is 11.1 Å². The van der Waals surface area contributed by atoms with Gasteiger partial charge in [0, 0.05) is 27.9 Å². The SMILES string of the molecule is CCCCCCCC[S@@](=O)C[C@@H](O)CSc1nc(-c2cccs2)cc(-c2ccccc2)c1C#N. The van der Waals surface area contributed by atoms with Crippen LogP contribution in [0.25, 0.3) is 21.7 Å². The third-order valence-electron chi connectivity index (χ3n) is 5.47. The first-order valence-electron chi connectivity index (χ1n) is 11.8. The maximum atomic E-state index is 12.4. The van der Waals surface area contributed by atoms with E-state index in [9.17, 15) is 14.6 Å². The van der Waals surface area contributed by atoms with Gasteiger partial charge in [0.25, 0.3) is 0 Å². The average Bonchev–Trinajstić information content (AvgIpc) is 3.40. The van der Waals surface area contributed by atoms with Gasteiger partial charge in [-0.15, -0.1) is 23.1 Å². The fraction of sp³-hybridized carbons (Fsp3) is 0.407. The largest absolute Gasteiger partial charge is 0.391 e. The number of nitriles is 1. The Balaban J connectivity index is 1.67. The number of benzene rings is 1. The maximum absolute atomic E-state index is 12.4. The van der Waals surface area contributed by atoms with Crippen molar-refractivity contribution in [2.75, 3.05) is 17.3 Å². The molecule has 0 spiro atoms. The van der Waals surface area contributed by atoms with E-state index in [2.05, 4.69) is 13.0 Å². The van der Waals surface area contributed by atoms with Crippen LogP contribution in [0.3, 0.4) is 0 Å². The molecule has 3 rings (SSSR count). The van der Waals surface area contributed by atoms with E-state index in [1.54, 1.807) is 11.3 Å². The lowest BCUT2D eigenvalue weighted by molar-refractivity contribution is 0.224. The van der Waals surface area contributed by atoms with Crippen molar-refractivity contribution < 1.29 is 9.32 Å². The number of thiophene rings is 1. The number of hydrogen-bond acceptors (Lipinski definition) is 6. The van der Waals surface area contributed by atoms with Crippen LogP contribution in [0.1, 0.15) is 51.0 Å². The van der Waals surface area contributed by atoms with Crippen LogP contribution in [0.5, 0.6) is 0 Å². The highest BCUT2D eigenvalue weighted by atomic mass is 32.2. The summed E-state index contributed by atoms with van der Waals surface area (Å²) in [4.78, 5) is 5.80. The molecule has 1 aromatic carbocycles. The molecule has 0 aliphatic heterocycles. The van der Waals surface area contributed by atoms with E-state index in [0.717, 1.165) is 34.5 Å². The lowest BCUT2D eigenvalue weighted by Crippen LogP contribution is -2.21. The highest BCUT2D eigenvalue weighted by molar-refractivity contribution is 7.99. The van der Waals surface area contributed by atoms with Gasteiger partial charge in [-0.3, -0.25) is 4.21 Å². The molecule has 0 aliphatic rings. The van der Waals surface area contributed by atoms with Gasteiger partial charge >= 0.3 is 0 Å². The van der Waals surface area contributed by atoms with Crippen LogP contribution in [0.15, 0.2) is 58.9 Å². The number of aromatic nitrogens is 1. The zero-order chi connectivity index (χ0) is 24.2. The molecule has 34 heavy (non-hydrogen) atoms. The highest BCUT2D eigenvalue weighted by Crippen LogP contribution is 2.35. The van der Waals surface area contributed by atoms with Crippen LogP contribution in [0, 0.1) is 11.3 Å². The number of pyridine rings is 1. The number of thioether (sulfide) groups is 1. The normalized spacial score (nSPS) is 12.9. The summed E-state index contributed by atoms with van der Waals surface area (Å²) in [6.45, 7) is 2.20. The number of aliphatic hydroxyl groups is 1. The van der Waals surface area contributed by atoms with Crippen molar-refractivity contribution >= 4 is 33.9 Å². The van der Waals surface area contributed by atoms with Gasteiger partial charge in [-0.05, 0) is 29.5 Å². The molecule has 1 N–H and O–H groups in total. The fourth-order valence-corrected chi connectivity index (χ4v) is 6.70. The second kappa shape index (κ2) is 14.4. The summed E-state index contributed by atoms with van der Waals surface area (Å²) in [5.74, 6) is 1.26. The molecule has 7 heteroatoms. The first kappa shape index (κ1) is 26.6. The van der Waals surface area contributed by atoms with Crippen LogP contribution >= 0.6 is 23.1 Å². The zero-order valence-corrected chi connectivity index (χ0v) is 22.1. The molecular formula is C27H32N2O2S3. The molecule has 3 aromatic rings. The third kappa shape index (κ3) is 8.06. The zero-order valence-electron chi connectivity index (χ0n) is 19.6. The van der Waals surface area contributed by atoms with Crippen LogP contribution in [0.4, 0.5) is 0 Å². The Morgan fingerprint density at radius 3 is 2.59 bits per heavy atom. The molecule has 0 amide bonds. The van der Waals surface area contributed by atoms with Gasteiger partial charge in [-0.2, -0.15) is 5.26 Å². The smallest absolute Gasteiger partial charge is 0.115 e. The van der Waals surface area contributed by atoms with Gasteiger partial charge < -0.3 is 5.11 Å². The second-order valence-electron chi connectivity index (χ2n) is 8.23. The minimum Gasteiger partial charge on any atom is -0.391 e. The second-order valence-corrected chi connectivity index (χ2v) is 11.8. The molecule has 180 valence electrons. The molecule has 4 nitrogen and oxygen atoms in total. The molecule has 2 heterocycles. The molecule has 0 bridgehead atoms. The Morgan fingerprint density at radius 1 is 1.12 bits per heavy atom. The highest BCUT2D eigenvalue weighted by Gasteiger charge is 2.18. The summed E-state index contributed by atoms with van der Waals surface area (Å²) in [6.07, 6.45) is 6.26. The fourth-order valence-electron chi connectivity index (χ4n) is 3.69. The van der Waals surface area contributed by atoms with Gasteiger partial charge in [-0.25, -0.2) is 4.98 Å². The lowest BCUT2D eigenvalue weighted by atomic mass is 10.0. The minimum atomic E-state index is -1.03. The molecular weight excluding hydrogens is 481 g/mol. The first-order valence-corrected chi connectivity index (χ1v) is 15.2. The van der Waals surface area contributed by atoms with Crippen LogP contribution in [-0.2, 0) is 10.8 Å². The molecule has 2 atom stereocenters. The summed E-state index contributed by atoms with van der Waals surface area (Å²) in [5.41, 5.74) is 3.13. The third-order valence-corrected chi connectivity index (χ3v) is 8.99. The van der Waals surface area contributed by atoms with Crippen molar-refractivity contribution in [2.45, 2.75) is 56.6 Å². The van der Waals surface area contributed by atoms with E-state index in [4.69, 9.17) is 4.98 Å². The molecule has 2 aromatic heterocycles. The Morgan fingerprint density at radius 2 is 1.88 bits per heavy atom. The van der Waals surface area contributed by atoms with Gasteiger partial charge in [0.2, 0.25) is 0 Å². The molecule has 0 saturated carbocycles. The summed E-state index contributed by atoms with van der Waals surface area (Å²) >= 11 is 2.97. The van der Waals surface area contributed by atoms with Crippen LogP contribution in [-0.4, -0.2) is 37.7 Å². The molecule has 0 fully saturated rings. The predicted octanol–water partition coefficient (Wildman–Crippen LogP) is 6.91. The van der Waals surface area contributed by atoms with Crippen LogP contribution < -0.4 is 0 Å². The summed E-state index contributed by atoms with van der Waals surface area (Å²) in [6, 6.07) is 18.1. The van der Waals surface area contributed by atoms with E-state index in [1.165, 1.54) is 37.4 Å². The number of nitrogens with zero attached hydrogens (tertiary/aromatic N) is 2. The average molecular weight is 513 g/mol. The molecule has 0 aliphatic carbocycles. The summed E-state index contributed by atoms with van der Waals surface area (Å²) in [5, 5.41) is 23.1. The van der Waals surface area contributed by atoms with E-state index in [0.29, 0.717) is 22.1 Å².